The highest BCUT2D eigenvalue weighted by atomic mass is 32.1. The molecule has 5 aromatic rings. The van der Waals surface area contributed by atoms with Crippen molar-refractivity contribution in [1.29, 1.82) is 0 Å². The summed E-state index contributed by atoms with van der Waals surface area (Å²) in [6, 6.07) is 16.4. The van der Waals surface area contributed by atoms with Gasteiger partial charge in [0.05, 0.1) is 26.1 Å². The number of aromatic nitrogens is 3. The number of pyridine rings is 3. The van der Waals surface area contributed by atoms with Crippen molar-refractivity contribution in [3.63, 3.8) is 0 Å². The average molecular weight is 313 g/mol. The van der Waals surface area contributed by atoms with Crippen LogP contribution in [0.2, 0.25) is 0 Å². The predicted molar refractivity (Wildman–Crippen MR) is 95.7 cm³/mol. The third kappa shape index (κ3) is 1.92. The van der Waals surface area contributed by atoms with Gasteiger partial charge < -0.3 is 0 Å². The predicted octanol–water partition coefficient (Wildman–Crippen LogP) is 5.06. The highest BCUT2D eigenvalue weighted by Gasteiger charge is 2.13. The number of fused-ring (bicyclic) bond motifs is 4. The normalized spacial score (nSPS) is 11.5. The molecule has 0 aliphatic heterocycles. The van der Waals surface area contributed by atoms with Crippen LogP contribution in [0.25, 0.3) is 42.5 Å². The Balaban J connectivity index is 1.87. The Labute approximate surface area is 136 Å². The number of thiophene rings is 1. The lowest BCUT2D eigenvalue weighted by atomic mass is 10.1. The molecule has 23 heavy (non-hydrogen) atoms. The first-order valence-corrected chi connectivity index (χ1v) is 8.19. The molecule has 5 rings (SSSR count). The molecule has 0 fully saturated rings. The summed E-state index contributed by atoms with van der Waals surface area (Å²) < 4.78 is 2.32. The first kappa shape index (κ1) is 12.7. The summed E-state index contributed by atoms with van der Waals surface area (Å²) in [7, 11) is 0. The lowest BCUT2D eigenvalue weighted by Crippen LogP contribution is -1.87. The van der Waals surface area contributed by atoms with Gasteiger partial charge in [-0.2, -0.15) is 0 Å². The molecule has 3 nitrogen and oxygen atoms in total. The van der Waals surface area contributed by atoms with Crippen LogP contribution in [0, 0.1) is 0 Å². The second-order valence-electron chi connectivity index (χ2n) is 5.40. The van der Waals surface area contributed by atoms with Gasteiger partial charge in [-0.05, 0) is 24.3 Å². The maximum absolute atomic E-state index is 4.82. The lowest BCUT2D eigenvalue weighted by Gasteiger charge is -2.05. The molecule has 4 heteroatoms. The van der Waals surface area contributed by atoms with E-state index in [-0.39, 0.29) is 0 Å². The van der Waals surface area contributed by atoms with E-state index in [0.29, 0.717) is 0 Å². The van der Waals surface area contributed by atoms with E-state index in [0.717, 1.165) is 37.8 Å². The maximum atomic E-state index is 4.82. The summed E-state index contributed by atoms with van der Waals surface area (Å²) >= 11 is 1.72. The molecule has 0 aliphatic carbocycles. The molecule has 4 aromatic heterocycles. The molecule has 0 saturated carbocycles. The minimum absolute atomic E-state index is 0.937. The zero-order valence-corrected chi connectivity index (χ0v) is 12.9. The second-order valence-corrected chi connectivity index (χ2v) is 6.49. The van der Waals surface area contributed by atoms with Gasteiger partial charge in [-0.3, -0.25) is 9.97 Å². The standard InChI is InChI=1S/C19H11N3S/c1-2-5-14-12(4-1)7-8-15(22-14)13-10-20-11-17-18(13)19-16(23-17)6-3-9-21-19/h1-11H. The van der Waals surface area contributed by atoms with Crippen LogP contribution in [0.3, 0.4) is 0 Å². The summed E-state index contributed by atoms with van der Waals surface area (Å²) in [6.07, 6.45) is 5.64. The Morgan fingerprint density at radius 2 is 1.78 bits per heavy atom. The molecule has 0 atom stereocenters. The van der Waals surface area contributed by atoms with Crippen LogP contribution in [-0.2, 0) is 0 Å². The van der Waals surface area contributed by atoms with E-state index in [4.69, 9.17) is 4.98 Å². The highest BCUT2D eigenvalue weighted by Crippen LogP contribution is 2.37. The molecule has 0 radical (unpaired) electrons. The molecular weight excluding hydrogens is 302 g/mol. The number of hydrogen-bond donors (Lipinski definition) is 0. The summed E-state index contributed by atoms with van der Waals surface area (Å²) in [6.45, 7) is 0. The van der Waals surface area contributed by atoms with Gasteiger partial charge in [0.25, 0.3) is 0 Å². The smallest absolute Gasteiger partial charge is 0.0896 e. The summed E-state index contributed by atoms with van der Waals surface area (Å²) in [4.78, 5) is 13.8. The Bertz CT molecular complexity index is 1180. The van der Waals surface area contributed by atoms with Crippen LogP contribution < -0.4 is 0 Å². The maximum Gasteiger partial charge on any atom is 0.0896 e. The molecule has 0 aliphatic rings. The zero-order valence-electron chi connectivity index (χ0n) is 12.1. The Morgan fingerprint density at radius 3 is 2.78 bits per heavy atom. The fourth-order valence-corrected chi connectivity index (χ4v) is 4.01. The van der Waals surface area contributed by atoms with Gasteiger partial charge >= 0.3 is 0 Å². The van der Waals surface area contributed by atoms with E-state index in [1.807, 2.05) is 42.9 Å². The topological polar surface area (TPSA) is 38.7 Å². The van der Waals surface area contributed by atoms with Crippen molar-refractivity contribution in [2.24, 2.45) is 0 Å². The van der Waals surface area contributed by atoms with Crippen molar-refractivity contribution in [2.45, 2.75) is 0 Å². The second kappa shape index (κ2) is 4.83. The number of rotatable bonds is 1. The first-order chi connectivity index (χ1) is 11.4. The van der Waals surface area contributed by atoms with Crippen molar-refractivity contribution in [2.75, 3.05) is 0 Å². The number of benzene rings is 1. The fraction of sp³-hybridized carbons (Fsp3) is 0. The summed E-state index contributed by atoms with van der Waals surface area (Å²) in [5, 5.41) is 2.29. The van der Waals surface area contributed by atoms with Gasteiger partial charge in [-0.25, -0.2) is 4.98 Å². The van der Waals surface area contributed by atoms with Gasteiger partial charge in [-0.1, -0.05) is 24.3 Å². The third-order valence-corrected chi connectivity index (χ3v) is 5.09. The van der Waals surface area contributed by atoms with E-state index in [1.54, 1.807) is 11.3 Å². The van der Waals surface area contributed by atoms with Crippen LogP contribution in [-0.4, -0.2) is 15.0 Å². The molecule has 0 N–H and O–H groups in total. The van der Waals surface area contributed by atoms with Gasteiger partial charge in [0.2, 0.25) is 0 Å². The molecule has 4 heterocycles. The zero-order chi connectivity index (χ0) is 15.2. The van der Waals surface area contributed by atoms with Crippen molar-refractivity contribution >= 4 is 42.5 Å². The van der Waals surface area contributed by atoms with Crippen LogP contribution in [0.1, 0.15) is 0 Å². The lowest BCUT2D eigenvalue weighted by molar-refractivity contribution is 1.34. The fourth-order valence-electron chi connectivity index (χ4n) is 2.95. The van der Waals surface area contributed by atoms with Crippen molar-refractivity contribution < 1.29 is 0 Å². The van der Waals surface area contributed by atoms with Gasteiger partial charge in [0.15, 0.2) is 0 Å². The molecule has 0 saturated heterocycles. The molecule has 0 unspecified atom stereocenters. The largest absolute Gasteiger partial charge is 0.263 e. The van der Waals surface area contributed by atoms with E-state index < -0.39 is 0 Å². The molecule has 1 aromatic carbocycles. The minimum atomic E-state index is 0.937. The average Bonchev–Trinajstić information content (AvgIpc) is 3.00. The van der Waals surface area contributed by atoms with Crippen LogP contribution in [0.5, 0.6) is 0 Å². The Kier molecular flexibility index (Phi) is 2.66. The number of hydrogen-bond acceptors (Lipinski definition) is 4. The van der Waals surface area contributed by atoms with Crippen LogP contribution in [0.15, 0.2) is 67.1 Å². The monoisotopic (exact) mass is 313 g/mol. The van der Waals surface area contributed by atoms with E-state index in [2.05, 4.69) is 34.2 Å². The SMILES string of the molecule is c1ccc2nc(-c3cncc4sc5cccnc5c34)ccc2c1. The Hall–Kier alpha value is -2.85. The van der Waals surface area contributed by atoms with Gasteiger partial charge in [-0.15, -0.1) is 11.3 Å². The summed E-state index contributed by atoms with van der Waals surface area (Å²) in [5.74, 6) is 0. The quantitative estimate of drug-likeness (QED) is 0.434. The van der Waals surface area contributed by atoms with E-state index in [1.165, 1.54) is 4.70 Å². The highest BCUT2D eigenvalue weighted by molar-refractivity contribution is 7.25. The Morgan fingerprint density at radius 1 is 0.826 bits per heavy atom. The van der Waals surface area contributed by atoms with Gasteiger partial charge in [0.1, 0.15) is 0 Å². The molecular formula is C19H11N3S. The van der Waals surface area contributed by atoms with E-state index in [9.17, 15) is 0 Å². The molecule has 0 bridgehead atoms. The van der Waals surface area contributed by atoms with Crippen LogP contribution in [0.4, 0.5) is 0 Å². The molecule has 108 valence electrons. The van der Waals surface area contributed by atoms with E-state index >= 15 is 0 Å². The minimum Gasteiger partial charge on any atom is -0.263 e. The van der Waals surface area contributed by atoms with Crippen LogP contribution >= 0.6 is 11.3 Å². The van der Waals surface area contributed by atoms with Crippen molar-refractivity contribution in [1.82, 2.24) is 15.0 Å². The number of nitrogens with zero attached hydrogens (tertiary/aromatic N) is 3. The number of para-hydroxylation sites is 1. The third-order valence-electron chi connectivity index (χ3n) is 4.01. The van der Waals surface area contributed by atoms with Crippen molar-refractivity contribution in [3.05, 3.63) is 67.1 Å². The molecule has 0 amide bonds. The first-order valence-electron chi connectivity index (χ1n) is 7.37. The van der Waals surface area contributed by atoms with Gasteiger partial charge in [0, 0.05) is 34.9 Å². The van der Waals surface area contributed by atoms with Crippen molar-refractivity contribution in [3.8, 4) is 11.3 Å². The molecule has 0 spiro atoms. The summed E-state index contributed by atoms with van der Waals surface area (Å²) in [5.41, 5.74) is 4.00.